The van der Waals surface area contributed by atoms with E-state index in [4.69, 9.17) is 0 Å². The van der Waals surface area contributed by atoms with Crippen LogP contribution in [0.4, 0.5) is 5.69 Å². The van der Waals surface area contributed by atoms with Crippen LogP contribution in [0.3, 0.4) is 0 Å². The highest BCUT2D eigenvalue weighted by Crippen LogP contribution is 2.23. The van der Waals surface area contributed by atoms with Crippen LogP contribution in [0.2, 0.25) is 0 Å². The van der Waals surface area contributed by atoms with Crippen molar-refractivity contribution in [2.45, 2.75) is 26.7 Å². The van der Waals surface area contributed by atoms with Crippen LogP contribution >= 0.6 is 0 Å². The summed E-state index contributed by atoms with van der Waals surface area (Å²) in [5, 5.41) is 15.5. The number of carboxylic acids is 1. The van der Waals surface area contributed by atoms with E-state index in [1.54, 1.807) is 19.9 Å². The van der Waals surface area contributed by atoms with Gasteiger partial charge in [-0.25, -0.2) is 10.2 Å². The molecule has 0 saturated heterocycles. The van der Waals surface area contributed by atoms with Crippen molar-refractivity contribution in [3.8, 4) is 0 Å². The van der Waals surface area contributed by atoms with E-state index in [1.165, 1.54) is 6.07 Å². The van der Waals surface area contributed by atoms with E-state index in [0.717, 1.165) is 5.56 Å². The van der Waals surface area contributed by atoms with E-state index in [2.05, 4.69) is 15.8 Å². The summed E-state index contributed by atoms with van der Waals surface area (Å²) >= 11 is 0. The molecule has 0 saturated carbocycles. The Morgan fingerprint density at radius 2 is 2.00 bits per heavy atom. The van der Waals surface area contributed by atoms with Gasteiger partial charge in [-0.1, -0.05) is 6.07 Å². The van der Waals surface area contributed by atoms with Crippen molar-refractivity contribution in [1.82, 2.24) is 5.43 Å². The fourth-order valence-electron chi connectivity index (χ4n) is 2.13. The highest BCUT2D eigenvalue weighted by Gasteiger charge is 2.21. The quantitative estimate of drug-likeness (QED) is 0.777. The monoisotopic (exact) mass is 289 g/mol. The van der Waals surface area contributed by atoms with Crippen LogP contribution in [-0.4, -0.2) is 28.6 Å². The highest BCUT2D eigenvalue weighted by molar-refractivity contribution is 6.44. The number of hydrazone groups is 1. The maximum absolute atomic E-state index is 12.1. The predicted octanol–water partition coefficient (Wildman–Crippen LogP) is 1.21. The Balaban J connectivity index is 2.29. The standard InChI is InChI=1S/C14H15N3O4/c1-7-5-8(2)12(9(6-7)14(20)21)15-13(19)10-3-4-11(18)17-16-10/h5-6H,3-4H2,1-2H3,(H,15,19)(H,17,18)(H,20,21). The molecular formula is C14H15N3O4. The van der Waals surface area contributed by atoms with Crippen LogP contribution in [0.15, 0.2) is 17.2 Å². The van der Waals surface area contributed by atoms with Crippen LogP contribution in [0.1, 0.15) is 34.3 Å². The number of aryl methyl sites for hydroxylation is 2. The number of benzene rings is 1. The lowest BCUT2D eigenvalue weighted by atomic mass is 10.0. The molecule has 0 atom stereocenters. The summed E-state index contributed by atoms with van der Waals surface area (Å²) in [6.45, 7) is 3.51. The van der Waals surface area contributed by atoms with E-state index in [9.17, 15) is 19.5 Å². The number of aromatic carboxylic acids is 1. The molecule has 1 aliphatic heterocycles. The minimum absolute atomic E-state index is 0.0290. The van der Waals surface area contributed by atoms with Gasteiger partial charge < -0.3 is 10.4 Å². The van der Waals surface area contributed by atoms with Crippen molar-refractivity contribution in [1.29, 1.82) is 0 Å². The summed E-state index contributed by atoms with van der Waals surface area (Å²) in [6, 6.07) is 3.28. The molecule has 2 rings (SSSR count). The molecule has 0 aliphatic carbocycles. The fourth-order valence-corrected chi connectivity index (χ4v) is 2.13. The van der Waals surface area contributed by atoms with Gasteiger partial charge in [0.25, 0.3) is 5.91 Å². The maximum Gasteiger partial charge on any atom is 0.337 e. The Morgan fingerprint density at radius 3 is 2.57 bits per heavy atom. The van der Waals surface area contributed by atoms with E-state index < -0.39 is 11.9 Å². The van der Waals surface area contributed by atoms with Gasteiger partial charge in [0.2, 0.25) is 5.91 Å². The molecule has 1 aromatic rings. The first-order valence-corrected chi connectivity index (χ1v) is 6.40. The molecule has 7 heteroatoms. The molecule has 0 spiro atoms. The number of nitrogens with one attached hydrogen (secondary N) is 2. The third-order valence-electron chi connectivity index (χ3n) is 3.12. The van der Waals surface area contributed by atoms with Gasteiger partial charge in [-0.15, -0.1) is 0 Å². The number of hydrogen-bond acceptors (Lipinski definition) is 4. The van der Waals surface area contributed by atoms with Gasteiger partial charge >= 0.3 is 5.97 Å². The molecule has 3 N–H and O–H groups in total. The van der Waals surface area contributed by atoms with Gasteiger partial charge in [-0.2, -0.15) is 5.10 Å². The molecule has 0 aromatic heterocycles. The lowest BCUT2D eigenvalue weighted by molar-refractivity contribution is -0.121. The number of hydrogen-bond donors (Lipinski definition) is 3. The zero-order valence-corrected chi connectivity index (χ0v) is 11.7. The highest BCUT2D eigenvalue weighted by atomic mass is 16.4. The molecule has 0 unspecified atom stereocenters. The molecule has 0 bridgehead atoms. The summed E-state index contributed by atoms with van der Waals surface area (Å²) in [5.41, 5.74) is 4.13. The summed E-state index contributed by atoms with van der Waals surface area (Å²) < 4.78 is 0. The molecular weight excluding hydrogens is 274 g/mol. The van der Waals surface area contributed by atoms with Crippen molar-refractivity contribution in [2.75, 3.05) is 5.32 Å². The summed E-state index contributed by atoms with van der Waals surface area (Å²) in [6.07, 6.45) is 0.413. The molecule has 1 heterocycles. The van der Waals surface area contributed by atoms with Gasteiger partial charge in [0, 0.05) is 12.8 Å². The number of anilines is 1. The van der Waals surface area contributed by atoms with Gasteiger partial charge in [0.05, 0.1) is 11.3 Å². The topological polar surface area (TPSA) is 108 Å². The molecule has 0 fully saturated rings. The van der Waals surface area contributed by atoms with E-state index in [-0.39, 0.29) is 35.7 Å². The predicted molar refractivity (Wildman–Crippen MR) is 76.3 cm³/mol. The molecule has 2 amide bonds. The minimum Gasteiger partial charge on any atom is -0.478 e. The van der Waals surface area contributed by atoms with Gasteiger partial charge in [-0.05, 0) is 31.0 Å². The van der Waals surface area contributed by atoms with Crippen molar-refractivity contribution < 1.29 is 19.5 Å². The van der Waals surface area contributed by atoms with Crippen LogP contribution in [0.25, 0.3) is 0 Å². The first kappa shape index (κ1) is 14.7. The first-order valence-electron chi connectivity index (χ1n) is 6.40. The van der Waals surface area contributed by atoms with Gasteiger partial charge in [0.1, 0.15) is 5.71 Å². The average molecular weight is 289 g/mol. The Kier molecular flexibility index (Phi) is 4.02. The summed E-state index contributed by atoms with van der Waals surface area (Å²) in [4.78, 5) is 34.4. The molecule has 1 aliphatic rings. The van der Waals surface area contributed by atoms with Crippen LogP contribution in [0.5, 0.6) is 0 Å². The number of rotatable bonds is 3. The van der Waals surface area contributed by atoms with Crippen LogP contribution in [0, 0.1) is 13.8 Å². The Morgan fingerprint density at radius 1 is 1.29 bits per heavy atom. The Hall–Kier alpha value is -2.70. The van der Waals surface area contributed by atoms with Crippen molar-refractivity contribution in [2.24, 2.45) is 5.10 Å². The molecule has 7 nitrogen and oxygen atoms in total. The lowest BCUT2D eigenvalue weighted by Gasteiger charge is -2.15. The minimum atomic E-state index is -1.11. The number of carbonyl (C=O) groups excluding carboxylic acids is 2. The average Bonchev–Trinajstić information content (AvgIpc) is 2.41. The van der Waals surface area contributed by atoms with E-state index in [1.807, 2.05) is 0 Å². The van der Waals surface area contributed by atoms with Crippen molar-refractivity contribution in [3.63, 3.8) is 0 Å². The third-order valence-corrected chi connectivity index (χ3v) is 3.12. The fraction of sp³-hybridized carbons (Fsp3) is 0.286. The summed E-state index contributed by atoms with van der Waals surface area (Å²) in [7, 11) is 0. The zero-order chi connectivity index (χ0) is 15.6. The van der Waals surface area contributed by atoms with E-state index in [0.29, 0.717) is 5.56 Å². The van der Waals surface area contributed by atoms with Crippen LogP contribution in [-0.2, 0) is 9.59 Å². The Bertz CT molecular complexity index is 664. The van der Waals surface area contributed by atoms with Gasteiger partial charge in [-0.3, -0.25) is 9.59 Å². The second-order valence-corrected chi connectivity index (χ2v) is 4.86. The van der Waals surface area contributed by atoms with Crippen LogP contribution < -0.4 is 10.7 Å². The number of amides is 2. The Labute approximate surface area is 121 Å². The smallest absolute Gasteiger partial charge is 0.337 e. The third kappa shape index (κ3) is 3.25. The molecule has 0 radical (unpaired) electrons. The van der Waals surface area contributed by atoms with Crippen molar-refractivity contribution in [3.05, 3.63) is 28.8 Å². The summed E-state index contributed by atoms with van der Waals surface area (Å²) in [5.74, 6) is -1.87. The first-order chi connectivity index (χ1) is 9.88. The molecule has 1 aromatic carbocycles. The molecule has 110 valence electrons. The maximum atomic E-state index is 12.1. The van der Waals surface area contributed by atoms with E-state index >= 15 is 0 Å². The number of nitrogens with zero attached hydrogens (tertiary/aromatic N) is 1. The lowest BCUT2D eigenvalue weighted by Crippen LogP contribution is -2.33. The molecule has 21 heavy (non-hydrogen) atoms. The van der Waals surface area contributed by atoms with Gasteiger partial charge in [0.15, 0.2) is 0 Å². The zero-order valence-electron chi connectivity index (χ0n) is 11.7. The normalized spacial score (nSPS) is 14.2. The largest absolute Gasteiger partial charge is 0.478 e. The second kappa shape index (κ2) is 5.74. The second-order valence-electron chi connectivity index (χ2n) is 4.86. The SMILES string of the molecule is Cc1cc(C)c(NC(=O)C2=NNC(=O)CC2)c(C(=O)O)c1. The van der Waals surface area contributed by atoms with Crippen molar-refractivity contribution >= 4 is 29.2 Å². The number of carboxylic acid groups (broad SMARTS) is 1. The number of carbonyl (C=O) groups is 3.